The number of carbonyl (C=O) groups excluding carboxylic acids is 2. The maximum atomic E-state index is 12.8. The fourth-order valence-corrected chi connectivity index (χ4v) is 3.02. The van der Waals surface area contributed by atoms with Gasteiger partial charge in [-0.05, 0) is 18.9 Å². The van der Waals surface area contributed by atoms with E-state index in [1.807, 2.05) is 20.8 Å². The van der Waals surface area contributed by atoms with Gasteiger partial charge in [-0.1, -0.05) is 19.9 Å². The van der Waals surface area contributed by atoms with Crippen LogP contribution in [0.2, 0.25) is 0 Å². The number of nitro groups is 1. The monoisotopic (exact) mass is 376 g/mol. The van der Waals surface area contributed by atoms with E-state index in [1.54, 1.807) is 6.20 Å². The van der Waals surface area contributed by atoms with Gasteiger partial charge in [-0.15, -0.1) is 11.3 Å². The van der Waals surface area contributed by atoms with E-state index in [0.29, 0.717) is 11.7 Å². The molecular formula is C17H20N4O4S. The first-order valence-corrected chi connectivity index (χ1v) is 8.84. The van der Waals surface area contributed by atoms with Crippen LogP contribution in [0.1, 0.15) is 29.1 Å². The largest absolute Gasteiger partial charge is 0.329 e. The zero-order valence-electron chi connectivity index (χ0n) is 14.8. The van der Waals surface area contributed by atoms with E-state index in [1.165, 1.54) is 40.5 Å². The van der Waals surface area contributed by atoms with Crippen molar-refractivity contribution in [2.45, 2.75) is 20.8 Å². The molecular weight excluding hydrogens is 356 g/mol. The van der Waals surface area contributed by atoms with E-state index in [-0.39, 0.29) is 29.6 Å². The third-order valence-corrected chi connectivity index (χ3v) is 4.21. The Balaban J connectivity index is 2.15. The lowest BCUT2D eigenvalue weighted by Crippen LogP contribution is -2.40. The van der Waals surface area contributed by atoms with Gasteiger partial charge in [0, 0.05) is 35.3 Å². The molecule has 2 amide bonds. The van der Waals surface area contributed by atoms with Crippen molar-refractivity contribution in [1.82, 2.24) is 9.88 Å². The van der Waals surface area contributed by atoms with Crippen LogP contribution in [0.25, 0.3) is 0 Å². The minimum Gasteiger partial charge on any atom is -0.329 e. The van der Waals surface area contributed by atoms with Gasteiger partial charge >= 0.3 is 0 Å². The Kier molecular flexibility index (Phi) is 6.40. The van der Waals surface area contributed by atoms with Crippen LogP contribution in [-0.4, -0.2) is 39.7 Å². The molecule has 0 aliphatic rings. The number of anilines is 1. The predicted molar refractivity (Wildman–Crippen MR) is 99.3 cm³/mol. The summed E-state index contributed by atoms with van der Waals surface area (Å²) in [5, 5.41) is 14.1. The van der Waals surface area contributed by atoms with Gasteiger partial charge in [0.15, 0.2) is 5.13 Å². The number of hydrogen-bond donors (Lipinski definition) is 1. The van der Waals surface area contributed by atoms with E-state index < -0.39 is 10.8 Å². The van der Waals surface area contributed by atoms with Gasteiger partial charge in [0.05, 0.1) is 4.92 Å². The van der Waals surface area contributed by atoms with E-state index in [0.717, 1.165) is 4.88 Å². The van der Waals surface area contributed by atoms with Gasteiger partial charge in [-0.25, -0.2) is 4.98 Å². The number of non-ortho nitro benzene ring substituents is 1. The summed E-state index contributed by atoms with van der Waals surface area (Å²) in [6.07, 6.45) is 1.65. The normalized spacial score (nSPS) is 10.6. The second kappa shape index (κ2) is 8.52. The van der Waals surface area contributed by atoms with Crippen LogP contribution in [-0.2, 0) is 4.79 Å². The maximum absolute atomic E-state index is 12.8. The zero-order chi connectivity index (χ0) is 19.3. The third-order valence-electron chi connectivity index (χ3n) is 3.38. The van der Waals surface area contributed by atoms with Crippen molar-refractivity contribution in [2.24, 2.45) is 5.92 Å². The SMILES string of the molecule is Cc1cnc(NC(=O)CN(CC(C)C)C(=O)c2cccc([N+](=O)[O-])c2)s1. The summed E-state index contributed by atoms with van der Waals surface area (Å²) >= 11 is 1.35. The van der Waals surface area contributed by atoms with Gasteiger partial charge in [0.1, 0.15) is 6.54 Å². The molecule has 8 nitrogen and oxygen atoms in total. The van der Waals surface area contributed by atoms with Crippen molar-refractivity contribution in [2.75, 3.05) is 18.4 Å². The van der Waals surface area contributed by atoms with Crippen LogP contribution < -0.4 is 5.32 Å². The highest BCUT2D eigenvalue weighted by Crippen LogP contribution is 2.18. The van der Waals surface area contributed by atoms with Gasteiger partial charge in [-0.3, -0.25) is 19.7 Å². The van der Waals surface area contributed by atoms with Crippen LogP contribution in [0.15, 0.2) is 30.5 Å². The lowest BCUT2D eigenvalue weighted by molar-refractivity contribution is -0.384. The number of rotatable bonds is 7. The van der Waals surface area contributed by atoms with Crippen LogP contribution in [0.5, 0.6) is 0 Å². The lowest BCUT2D eigenvalue weighted by Gasteiger charge is -2.24. The Labute approximate surface area is 155 Å². The zero-order valence-corrected chi connectivity index (χ0v) is 15.6. The van der Waals surface area contributed by atoms with Crippen molar-refractivity contribution in [3.63, 3.8) is 0 Å². The fourth-order valence-electron chi connectivity index (χ4n) is 2.34. The molecule has 0 fully saturated rings. The standard InChI is InChI=1S/C17H20N4O4S/c1-11(2)9-20(10-15(22)19-17-18-8-12(3)26-17)16(23)13-5-4-6-14(7-13)21(24)25/h4-8,11H,9-10H2,1-3H3,(H,18,19,22). The molecule has 2 aromatic rings. The smallest absolute Gasteiger partial charge is 0.270 e. The Morgan fingerprint density at radius 3 is 2.69 bits per heavy atom. The molecule has 1 aromatic carbocycles. The number of thiazole rings is 1. The van der Waals surface area contributed by atoms with E-state index >= 15 is 0 Å². The van der Waals surface area contributed by atoms with Crippen LogP contribution in [0.4, 0.5) is 10.8 Å². The Hall–Kier alpha value is -2.81. The van der Waals surface area contributed by atoms with Crippen molar-refractivity contribution >= 4 is 34.0 Å². The van der Waals surface area contributed by atoms with Gasteiger partial charge < -0.3 is 10.2 Å². The summed E-state index contributed by atoms with van der Waals surface area (Å²) in [6.45, 7) is 5.93. The van der Waals surface area contributed by atoms with E-state index in [2.05, 4.69) is 10.3 Å². The minimum atomic E-state index is -0.554. The van der Waals surface area contributed by atoms with Crippen molar-refractivity contribution < 1.29 is 14.5 Å². The first kappa shape index (κ1) is 19.5. The molecule has 138 valence electrons. The number of hydrogen-bond acceptors (Lipinski definition) is 6. The Bertz CT molecular complexity index is 819. The average Bonchev–Trinajstić information content (AvgIpc) is 2.98. The van der Waals surface area contributed by atoms with Gasteiger partial charge in [0.25, 0.3) is 11.6 Å². The van der Waals surface area contributed by atoms with Gasteiger partial charge in [0.2, 0.25) is 5.91 Å². The highest BCUT2D eigenvalue weighted by atomic mass is 32.1. The molecule has 9 heteroatoms. The highest BCUT2D eigenvalue weighted by molar-refractivity contribution is 7.15. The first-order chi connectivity index (χ1) is 12.3. The molecule has 0 saturated carbocycles. The summed E-state index contributed by atoms with van der Waals surface area (Å²) in [5.74, 6) is -0.654. The van der Waals surface area contributed by atoms with E-state index in [9.17, 15) is 19.7 Å². The maximum Gasteiger partial charge on any atom is 0.270 e. The number of carbonyl (C=O) groups is 2. The lowest BCUT2D eigenvalue weighted by atomic mass is 10.1. The molecule has 1 N–H and O–H groups in total. The number of aromatic nitrogens is 1. The topological polar surface area (TPSA) is 105 Å². The quantitative estimate of drug-likeness (QED) is 0.590. The number of nitrogens with zero attached hydrogens (tertiary/aromatic N) is 3. The molecule has 0 aliphatic carbocycles. The summed E-state index contributed by atoms with van der Waals surface area (Å²) in [6, 6.07) is 5.50. The Morgan fingerprint density at radius 1 is 1.38 bits per heavy atom. The molecule has 0 unspecified atom stereocenters. The van der Waals surface area contributed by atoms with Crippen molar-refractivity contribution in [3.8, 4) is 0 Å². The molecule has 1 aromatic heterocycles. The summed E-state index contributed by atoms with van der Waals surface area (Å²) in [5.41, 5.74) is 0.0146. The second-order valence-electron chi connectivity index (χ2n) is 6.21. The molecule has 0 spiro atoms. The van der Waals surface area contributed by atoms with Crippen LogP contribution in [0, 0.1) is 23.0 Å². The van der Waals surface area contributed by atoms with Crippen LogP contribution in [0.3, 0.4) is 0 Å². The molecule has 0 radical (unpaired) electrons. The summed E-state index contributed by atoms with van der Waals surface area (Å²) < 4.78 is 0. The number of nitro benzene ring substituents is 1. The number of nitrogens with one attached hydrogen (secondary N) is 1. The summed E-state index contributed by atoms with van der Waals surface area (Å²) in [7, 11) is 0. The summed E-state index contributed by atoms with van der Waals surface area (Å²) in [4.78, 5) is 41.8. The number of aryl methyl sites for hydroxylation is 1. The molecule has 0 saturated heterocycles. The average molecular weight is 376 g/mol. The molecule has 26 heavy (non-hydrogen) atoms. The third kappa shape index (κ3) is 5.35. The number of benzene rings is 1. The molecule has 0 atom stereocenters. The molecule has 0 aliphatic heterocycles. The molecule has 0 bridgehead atoms. The first-order valence-electron chi connectivity index (χ1n) is 8.02. The highest BCUT2D eigenvalue weighted by Gasteiger charge is 2.22. The second-order valence-corrected chi connectivity index (χ2v) is 7.45. The minimum absolute atomic E-state index is 0.132. The predicted octanol–water partition coefficient (Wildman–Crippen LogP) is 3.10. The molecule has 1 heterocycles. The van der Waals surface area contributed by atoms with Gasteiger partial charge in [-0.2, -0.15) is 0 Å². The van der Waals surface area contributed by atoms with E-state index in [4.69, 9.17) is 0 Å². The van der Waals surface area contributed by atoms with Crippen molar-refractivity contribution in [1.29, 1.82) is 0 Å². The number of amides is 2. The molecule has 2 rings (SSSR count). The van der Waals surface area contributed by atoms with Crippen molar-refractivity contribution in [3.05, 3.63) is 51.0 Å². The van der Waals surface area contributed by atoms with Crippen LogP contribution >= 0.6 is 11.3 Å². The Morgan fingerprint density at radius 2 is 2.12 bits per heavy atom. The fraction of sp³-hybridized carbons (Fsp3) is 0.353.